The van der Waals surface area contributed by atoms with Crippen molar-refractivity contribution in [3.8, 4) is 0 Å². The first kappa shape index (κ1) is 13.2. The van der Waals surface area contributed by atoms with Crippen LogP contribution in [0.4, 0.5) is 0 Å². The lowest BCUT2D eigenvalue weighted by atomic mass is 10.1. The van der Waals surface area contributed by atoms with Crippen LogP contribution in [0.15, 0.2) is 18.5 Å². The highest BCUT2D eigenvalue weighted by molar-refractivity contribution is 5.03. The molecular formula is C13H23N5. The SMILES string of the molecule is C=C(CNC(C)(C)C)CN1CCn2cnnc2C1. The van der Waals surface area contributed by atoms with Gasteiger partial charge in [-0.15, -0.1) is 10.2 Å². The number of nitrogens with one attached hydrogen (secondary N) is 1. The van der Waals surface area contributed by atoms with E-state index < -0.39 is 0 Å². The molecule has 0 radical (unpaired) electrons. The van der Waals surface area contributed by atoms with E-state index in [1.807, 2.05) is 6.33 Å². The Morgan fingerprint density at radius 2 is 2.22 bits per heavy atom. The molecule has 5 nitrogen and oxygen atoms in total. The molecule has 0 fully saturated rings. The van der Waals surface area contributed by atoms with Gasteiger partial charge in [-0.05, 0) is 26.3 Å². The van der Waals surface area contributed by atoms with E-state index in [0.717, 1.165) is 38.5 Å². The Kier molecular flexibility index (Phi) is 3.82. The van der Waals surface area contributed by atoms with Crippen LogP contribution in [0.5, 0.6) is 0 Å². The van der Waals surface area contributed by atoms with E-state index in [-0.39, 0.29) is 5.54 Å². The van der Waals surface area contributed by atoms with Gasteiger partial charge in [0.2, 0.25) is 0 Å². The normalized spacial score (nSPS) is 16.6. The van der Waals surface area contributed by atoms with Crippen molar-refractivity contribution in [2.45, 2.75) is 39.4 Å². The largest absolute Gasteiger partial charge is 0.315 e. The number of nitrogens with zero attached hydrogens (tertiary/aromatic N) is 4. The van der Waals surface area contributed by atoms with Crippen LogP contribution in [-0.2, 0) is 13.1 Å². The zero-order valence-corrected chi connectivity index (χ0v) is 11.6. The molecule has 5 heteroatoms. The highest BCUT2D eigenvalue weighted by Gasteiger charge is 2.18. The number of aromatic nitrogens is 3. The topological polar surface area (TPSA) is 46.0 Å². The quantitative estimate of drug-likeness (QED) is 0.810. The molecule has 0 amide bonds. The third kappa shape index (κ3) is 3.65. The Balaban J connectivity index is 1.79. The average Bonchev–Trinajstić information content (AvgIpc) is 2.72. The van der Waals surface area contributed by atoms with Crippen LogP contribution in [0.25, 0.3) is 0 Å². The monoisotopic (exact) mass is 249 g/mol. The van der Waals surface area contributed by atoms with Crippen LogP contribution in [-0.4, -0.2) is 44.8 Å². The van der Waals surface area contributed by atoms with E-state index in [0.29, 0.717) is 0 Å². The standard InChI is InChI=1S/C13H23N5/c1-11(7-14-13(2,3)4)8-17-5-6-18-10-15-16-12(18)9-17/h10,14H,1,5-9H2,2-4H3. The Labute approximate surface area is 109 Å². The lowest BCUT2D eigenvalue weighted by Gasteiger charge is -2.28. The second kappa shape index (κ2) is 5.20. The third-order valence-electron chi connectivity index (χ3n) is 3.03. The van der Waals surface area contributed by atoms with Gasteiger partial charge in [-0.25, -0.2) is 0 Å². The molecule has 2 heterocycles. The van der Waals surface area contributed by atoms with Gasteiger partial charge in [-0.2, -0.15) is 0 Å². The summed E-state index contributed by atoms with van der Waals surface area (Å²) in [6.45, 7) is 15.3. The fraction of sp³-hybridized carbons (Fsp3) is 0.692. The summed E-state index contributed by atoms with van der Waals surface area (Å²) < 4.78 is 2.12. The van der Waals surface area contributed by atoms with Gasteiger partial charge in [0.25, 0.3) is 0 Å². The molecule has 0 saturated carbocycles. The second-order valence-electron chi connectivity index (χ2n) is 6.00. The van der Waals surface area contributed by atoms with E-state index >= 15 is 0 Å². The summed E-state index contributed by atoms with van der Waals surface area (Å²) in [4.78, 5) is 2.37. The zero-order valence-electron chi connectivity index (χ0n) is 11.6. The van der Waals surface area contributed by atoms with Crippen molar-refractivity contribution >= 4 is 0 Å². The smallest absolute Gasteiger partial charge is 0.147 e. The molecule has 1 aliphatic heterocycles. The minimum atomic E-state index is 0.144. The van der Waals surface area contributed by atoms with Gasteiger partial charge in [0, 0.05) is 31.7 Å². The number of rotatable bonds is 4. The Bertz CT molecular complexity index is 415. The van der Waals surface area contributed by atoms with Gasteiger partial charge < -0.3 is 9.88 Å². The van der Waals surface area contributed by atoms with E-state index in [1.165, 1.54) is 5.57 Å². The molecule has 1 aromatic heterocycles. The van der Waals surface area contributed by atoms with Crippen molar-refractivity contribution in [3.05, 3.63) is 24.3 Å². The van der Waals surface area contributed by atoms with Gasteiger partial charge in [0.15, 0.2) is 0 Å². The molecular weight excluding hydrogens is 226 g/mol. The number of fused-ring (bicyclic) bond motifs is 1. The van der Waals surface area contributed by atoms with E-state index in [2.05, 4.69) is 52.3 Å². The second-order valence-corrected chi connectivity index (χ2v) is 6.00. The molecule has 0 bridgehead atoms. The maximum atomic E-state index is 4.15. The van der Waals surface area contributed by atoms with Gasteiger partial charge in [-0.1, -0.05) is 6.58 Å². The van der Waals surface area contributed by atoms with Crippen molar-refractivity contribution in [2.24, 2.45) is 0 Å². The maximum Gasteiger partial charge on any atom is 0.147 e. The van der Waals surface area contributed by atoms with Gasteiger partial charge in [0.1, 0.15) is 12.2 Å². The van der Waals surface area contributed by atoms with Gasteiger partial charge in [-0.3, -0.25) is 4.90 Å². The third-order valence-corrected chi connectivity index (χ3v) is 3.03. The fourth-order valence-corrected chi connectivity index (χ4v) is 2.01. The van der Waals surface area contributed by atoms with Crippen molar-refractivity contribution in [3.63, 3.8) is 0 Å². The number of hydrogen-bond acceptors (Lipinski definition) is 4. The molecule has 1 N–H and O–H groups in total. The summed E-state index contributed by atoms with van der Waals surface area (Å²) >= 11 is 0. The van der Waals surface area contributed by atoms with Gasteiger partial charge in [0.05, 0.1) is 6.54 Å². The van der Waals surface area contributed by atoms with E-state index in [1.54, 1.807) is 0 Å². The molecule has 0 aliphatic carbocycles. The minimum Gasteiger partial charge on any atom is -0.315 e. The first-order valence-corrected chi connectivity index (χ1v) is 6.45. The summed E-state index contributed by atoms with van der Waals surface area (Å²) in [6.07, 6.45) is 1.81. The first-order valence-electron chi connectivity index (χ1n) is 6.45. The molecule has 100 valence electrons. The number of hydrogen-bond donors (Lipinski definition) is 1. The van der Waals surface area contributed by atoms with Crippen LogP contribution in [0, 0.1) is 0 Å². The van der Waals surface area contributed by atoms with Crippen molar-refractivity contribution in [2.75, 3.05) is 19.6 Å². The minimum absolute atomic E-state index is 0.144. The van der Waals surface area contributed by atoms with Crippen LogP contribution >= 0.6 is 0 Å². The summed E-state index contributed by atoms with van der Waals surface area (Å²) in [5, 5.41) is 11.5. The van der Waals surface area contributed by atoms with Gasteiger partial charge >= 0.3 is 0 Å². The molecule has 2 rings (SSSR count). The fourth-order valence-electron chi connectivity index (χ4n) is 2.01. The molecule has 0 saturated heterocycles. The molecule has 1 aromatic rings. The first-order chi connectivity index (χ1) is 8.44. The summed E-state index contributed by atoms with van der Waals surface area (Å²) in [5.41, 5.74) is 1.36. The molecule has 18 heavy (non-hydrogen) atoms. The lowest BCUT2D eigenvalue weighted by molar-refractivity contribution is 0.232. The lowest BCUT2D eigenvalue weighted by Crippen LogP contribution is -2.40. The summed E-state index contributed by atoms with van der Waals surface area (Å²) in [6, 6.07) is 0. The van der Waals surface area contributed by atoms with Crippen LogP contribution in [0.2, 0.25) is 0 Å². The van der Waals surface area contributed by atoms with Crippen LogP contribution in [0.1, 0.15) is 26.6 Å². The molecule has 0 aromatic carbocycles. The van der Waals surface area contributed by atoms with Crippen molar-refractivity contribution < 1.29 is 0 Å². The summed E-state index contributed by atoms with van der Waals surface area (Å²) in [7, 11) is 0. The highest BCUT2D eigenvalue weighted by atomic mass is 15.3. The predicted molar refractivity (Wildman–Crippen MR) is 72.2 cm³/mol. The predicted octanol–water partition coefficient (Wildman–Crippen LogP) is 1.04. The Morgan fingerprint density at radius 1 is 1.44 bits per heavy atom. The van der Waals surface area contributed by atoms with E-state index in [4.69, 9.17) is 0 Å². The Hall–Kier alpha value is -1.20. The van der Waals surface area contributed by atoms with E-state index in [9.17, 15) is 0 Å². The van der Waals surface area contributed by atoms with Crippen LogP contribution in [0.3, 0.4) is 0 Å². The van der Waals surface area contributed by atoms with Crippen molar-refractivity contribution in [1.82, 2.24) is 25.0 Å². The molecule has 0 atom stereocenters. The summed E-state index contributed by atoms with van der Waals surface area (Å²) in [5.74, 6) is 1.05. The average molecular weight is 249 g/mol. The maximum absolute atomic E-state index is 4.15. The Morgan fingerprint density at radius 3 is 2.94 bits per heavy atom. The highest BCUT2D eigenvalue weighted by Crippen LogP contribution is 2.10. The molecule has 0 unspecified atom stereocenters. The molecule has 0 spiro atoms. The molecule has 1 aliphatic rings. The van der Waals surface area contributed by atoms with Crippen LogP contribution < -0.4 is 5.32 Å². The zero-order chi connectivity index (χ0) is 13.2. The van der Waals surface area contributed by atoms with Crippen molar-refractivity contribution in [1.29, 1.82) is 0 Å².